The van der Waals surface area contributed by atoms with Gasteiger partial charge in [0.05, 0.1) is 4.90 Å². The lowest BCUT2D eigenvalue weighted by Crippen LogP contribution is -2.38. The molecule has 0 bridgehead atoms. The van der Waals surface area contributed by atoms with Crippen LogP contribution in [0.3, 0.4) is 0 Å². The van der Waals surface area contributed by atoms with E-state index < -0.39 is 15.6 Å². The predicted molar refractivity (Wildman–Crippen MR) is 98.5 cm³/mol. The maximum atomic E-state index is 12.7. The van der Waals surface area contributed by atoms with E-state index >= 15 is 0 Å². The molecule has 148 valence electrons. The Bertz CT molecular complexity index is 831. The predicted octanol–water partition coefficient (Wildman–Crippen LogP) is 1.27. The molecule has 0 aromatic heterocycles. The summed E-state index contributed by atoms with van der Waals surface area (Å²) in [6, 6.07) is 5.62. The van der Waals surface area contributed by atoms with Gasteiger partial charge < -0.3 is 14.5 Å². The van der Waals surface area contributed by atoms with Crippen molar-refractivity contribution < 1.29 is 22.7 Å². The van der Waals surface area contributed by atoms with Gasteiger partial charge >= 0.3 is 6.09 Å². The van der Waals surface area contributed by atoms with Crippen molar-refractivity contribution in [1.29, 1.82) is 0 Å². The first-order valence-corrected chi connectivity index (χ1v) is 10.4. The summed E-state index contributed by atoms with van der Waals surface area (Å²) in [7, 11) is -3.78. The number of rotatable bonds is 2. The molecule has 9 heteroatoms. The maximum absolute atomic E-state index is 12.7. The van der Waals surface area contributed by atoms with Crippen molar-refractivity contribution in [2.45, 2.75) is 31.3 Å². The molecule has 27 heavy (non-hydrogen) atoms. The van der Waals surface area contributed by atoms with Crippen LogP contribution in [0.1, 0.15) is 31.1 Å². The Balaban J connectivity index is 1.60. The van der Waals surface area contributed by atoms with Gasteiger partial charge in [-0.05, 0) is 45.0 Å². The molecule has 1 aromatic rings. The number of hydrogen-bond donors (Lipinski definition) is 1. The van der Waals surface area contributed by atoms with Crippen molar-refractivity contribution in [2.75, 3.05) is 26.2 Å². The first-order valence-electron chi connectivity index (χ1n) is 8.84. The summed E-state index contributed by atoms with van der Waals surface area (Å²) in [6.07, 6.45) is -0.312. The van der Waals surface area contributed by atoms with Crippen molar-refractivity contribution in [3.63, 3.8) is 0 Å². The molecule has 2 amide bonds. The molecular formula is C18H25N3O5S. The summed E-state index contributed by atoms with van der Waals surface area (Å²) in [5, 5.41) is 5.08. The zero-order valence-corrected chi connectivity index (χ0v) is 16.5. The highest BCUT2D eigenvalue weighted by molar-refractivity contribution is 7.89. The van der Waals surface area contributed by atoms with Gasteiger partial charge in [0.2, 0.25) is 10.0 Å². The number of hydrogen-bond acceptors (Lipinski definition) is 5. The minimum Gasteiger partial charge on any atom is -0.444 e. The van der Waals surface area contributed by atoms with Gasteiger partial charge in [-0.15, -0.1) is 0 Å². The number of amides is 2. The Hall–Kier alpha value is -2.13. The lowest BCUT2D eigenvalue weighted by Gasteiger charge is -2.26. The van der Waals surface area contributed by atoms with Gasteiger partial charge in [0.15, 0.2) is 0 Å². The zero-order chi connectivity index (χ0) is 20.0. The number of sulfonamides is 1. The summed E-state index contributed by atoms with van der Waals surface area (Å²) < 4.78 is 28.0. The third kappa shape index (κ3) is 4.41. The van der Waals surface area contributed by atoms with Crippen LogP contribution in [0.15, 0.2) is 29.2 Å². The molecule has 2 saturated heterocycles. The quantitative estimate of drug-likeness (QED) is 0.811. The molecule has 0 spiro atoms. The standard InChI is InChI=1S/C18H25N3O5S/c1-18(2,3)26-17(23)21-10-13-8-20(9-14(13)11-21)16(22)12-4-6-15(7-5-12)27(19,24)25/h4-7,13-14H,8-11H2,1-3H3,(H2,19,24,25). The fraction of sp³-hybridized carbons (Fsp3) is 0.556. The smallest absolute Gasteiger partial charge is 0.410 e. The van der Waals surface area contributed by atoms with E-state index in [9.17, 15) is 18.0 Å². The Morgan fingerprint density at radius 2 is 1.48 bits per heavy atom. The molecule has 1 aromatic carbocycles. The highest BCUT2D eigenvalue weighted by Gasteiger charge is 2.44. The van der Waals surface area contributed by atoms with Gasteiger partial charge in [-0.1, -0.05) is 0 Å². The van der Waals surface area contributed by atoms with E-state index in [1.54, 1.807) is 9.80 Å². The van der Waals surface area contributed by atoms with Gasteiger partial charge in [0, 0.05) is 43.6 Å². The number of fused-ring (bicyclic) bond motifs is 1. The summed E-state index contributed by atoms with van der Waals surface area (Å²) in [6.45, 7) is 7.80. The summed E-state index contributed by atoms with van der Waals surface area (Å²) in [5.74, 6) is 0.310. The van der Waals surface area contributed by atoms with Crippen LogP contribution in [0.25, 0.3) is 0 Å². The molecule has 3 rings (SSSR count). The molecule has 0 saturated carbocycles. The van der Waals surface area contributed by atoms with E-state index in [4.69, 9.17) is 9.88 Å². The third-order valence-electron chi connectivity index (χ3n) is 4.85. The number of benzene rings is 1. The first-order chi connectivity index (χ1) is 12.4. The monoisotopic (exact) mass is 395 g/mol. The van der Waals surface area contributed by atoms with Gasteiger partial charge in [-0.25, -0.2) is 18.4 Å². The average Bonchev–Trinajstić information content (AvgIpc) is 3.10. The number of nitrogens with two attached hydrogens (primary N) is 1. The van der Waals surface area contributed by atoms with Crippen molar-refractivity contribution in [3.05, 3.63) is 29.8 Å². The van der Waals surface area contributed by atoms with Crippen LogP contribution in [0.4, 0.5) is 4.79 Å². The summed E-state index contributed by atoms with van der Waals surface area (Å²) in [5.41, 5.74) is -0.105. The number of primary sulfonamides is 1. The number of likely N-dealkylation sites (tertiary alicyclic amines) is 2. The van der Waals surface area contributed by atoms with Crippen molar-refractivity contribution >= 4 is 22.0 Å². The van der Waals surface area contributed by atoms with Crippen LogP contribution in [0.5, 0.6) is 0 Å². The molecule has 2 heterocycles. The van der Waals surface area contributed by atoms with E-state index in [0.717, 1.165) is 0 Å². The number of carbonyl (C=O) groups excluding carboxylic acids is 2. The SMILES string of the molecule is CC(C)(C)OC(=O)N1CC2CN(C(=O)c3ccc(S(N)(=O)=O)cc3)CC2C1. The number of carbonyl (C=O) groups is 2. The molecule has 2 fully saturated rings. The van der Waals surface area contributed by atoms with E-state index in [1.807, 2.05) is 20.8 Å². The molecule has 2 unspecified atom stereocenters. The summed E-state index contributed by atoms with van der Waals surface area (Å²) in [4.78, 5) is 28.3. The molecule has 0 aliphatic carbocycles. The Morgan fingerprint density at radius 3 is 1.93 bits per heavy atom. The fourth-order valence-corrected chi connectivity index (χ4v) is 4.12. The van der Waals surface area contributed by atoms with E-state index in [2.05, 4.69) is 0 Å². The zero-order valence-electron chi connectivity index (χ0n) is 15.7. The van der Waals surface area contributed by atoms with Crippen LogP contribution in [0.2, 0.25) is 0 Å². The van der Waals surface area contributed by atoms with E-state index in [-0.39, 0.29) is 28.7 Å². The summed E-state index contributed by atoms with van der Waals surface area (Å²) >= 11 is 0. The molecule has 8 nitrogen and oxygen atoms in total. The average molecular weight is 395 g/mol. The number of ether oxygens (including phenoxy) is 1. The molecule has 2 N–H and O–H groups in total. The molecule has 2 atom stereocenters. The fourth-order valence-electron chi connectivity index (χ4n) is 3.60. The van der Waals surface area contributed by atoms with Crippen LogP contribution in [-0.4, -0.2) is 62.0 Å². The van der Waals surface area contributed by atoms with Crippen LogP contribution < -0.4 is 5.14 Å². The van der Waals surface area contributed by atoms with Crippen LogP contribution in [0, 0.1) is 11.8 Å². The first kappa shape index (κ1) is 19.6. The second-order valence-electron chi connectivity index (χ2n) is 8.19. The third-order valence-corrected chi connectivity index (χ3v) is 5.78. The normalized spacial score (nSPS) is 22.7. The van der Waals surface area contributed by atoms with Crippen LogP contribution in [-0.2, 0) is 14.8 Å². The van der Waals surface area contributed by atoms with Crippen LogP contribution >= 0.6 is 0 Å². The van der Waals surface area contributed by atoms with Crippen molar-refractivity contribution in [1.82, 2.24) is 9.80 Å². The molecule has 2 aliphatic rings. The van der Waals surface area contributed by atoms with Crippen molar-refractivity contribution in [3.8, 4) is 0 Å². The minimum absolute atomic E-state index is 0.0228. The van der Waals surface area contributed by atoms with Crippen molar-refractivity contribution in [2.24, 2.45) is 17.0 Å². The minimum atomic E-state index is -3.78. The van der Waals surface area contributed by atoms with E-state index in [1.165, 1.54) is 24.3 Å². The Kier molecular flexibility index (Phi) is 4.94. The maximum Gasteiger partial charge on any atom is 0.410 e. The second-order valence-corrected chi connectivity index (χ2v) is 9.75. The lowest BCUT2D eigenvalue weighted by atomic mass is 10.0. The second kappa shape index (κ2) is 6.79. The molecule has 2 aliphatic heterocycles. The number of nitrogens with zero attached hydrogens (tertiary/aromatic N) is 2. The van der Waals surface area contributed by atoms with Gasteiger partial charge in [0.25, 0.3) is 5.91 Å². The lowest BCUT2D eigenvalue weighted by molar-refractivity contribution is 0.0275. The van der Waals surface area contributed by atoms with E-state index in [0.29, 0.717) is 31.7 Å². The highest BCUT2D eigenvalue weighted by Crippen LogP contribution is 2.32. The molecular weight excluding hydrogens is 370 g/mol. The Labute approximate surface area is 159 Å². The largest absolute Gasteiger partial charge is 0.444 e. The topological polar surface area (TPSA) is 110 Å². The Morgan fingerprint density at radius 1 is 1.00 bits per heavy atom. The van der Waals surface area contributed by atoms with Gasteiger partial charge in [-0.3, -0.25) is 4.79 Å². The van der Waals surface area contributed by atoms with Gasteiger partial charge in [-0.2, -0.15) is 0 Å². The van der Waals surface area contributed by atoms with Gasteiger partial charge in [0.1, 0.15) is 5.60 Å². The molecule has 0 radical (unpaired) electrons. The highest BCUT2D eigenvalue weighted by atomic mass is 32.2.